The van der Waals surface area contributed by atoms with Gasteiger partial charge >= 0.3 is 0 Å². The van der Waals surface area contributed by atoms with Gasteiger partial charge in [0.1, 0.15) is 24.7 Å². The Balaban J connectivity index is 1.31. The third-order valence-corrected chi connectivity index (χ3v) is 5.93. The lowest BCUT2D eigenvalue weighted by atomic mass is 10.1. The molecule has 2 aliphatic heterocycles. The van der Waals surface area contributed by atoms with Gasteiger partial charge in [-0.1, -0.05) is 23.4 Å². The monoisotopic (exact) mass is 410 g/mol. The minimum atomic E-state index is -0.309. The first kappa shape index (κ1) is 17.8. The van der Waals surface area contributed by atoms with E-state index in [0.29, 0.717) is 23.9 Å². The van der Waals surface area contributed by atoms with Crippen LogP contribution in [-0.2, 0) is 11.3 Å². The summed E-state index contributed by atoms with van der Waals surface area (Å²) in [6.07, 6.45) is 2.31. The number of carbonyl (C=O) groups excluding carboxylic acids is 1. The Kier molecular flexibility index (Phi) is 4.49. The fourth-order valence-corrected chi connectivity index (χ4v) is 4.30. The first-order valence-electron chi connectivity index (χ1n) is 9.12. The molecule has 0 radical (unpaired) electrons. The molecule has 0 saturated carbocycles. The van der Waals surface area contributed by atoms with Crippen molar-refractivity contribution in [2.45, 2.75) is 25.0 Å². The zero-order chi connectivity index (χ0) is 19.8. The number of benzene rings is 1. The van der Waals surface area contributed by atoms with Crippen molar-refractivity contribution < 1.29 is 14.1 Å². The van der Waals surface area contributed by atoms with E-state index >= 15 is 0 Å². The number of fused-ring (bicyclic) bond motifs is 1. The number of hydrogen-bond donors (Lipinski definition) is 1. The Bertz CT molecular complexity index is 1050. The molecule has 1 aromatic carbocycles. The summed E-state index contributed by atoms with van der Waals surface area (Å²) in [6.45, 7) is 0.117. The second-order valence-electron chi connectivity index (χ2n) is 6.69. The number of aromatic nitrogens is 2. The zero-order valence-electron chi connectivity index (χ0n) is 15.6. The van der Waals surface area contributed by atoms with Crippen LogP contribution in [0.15, 0.2) is 51.4 Å². The van der Waals surface area contributed by atoms with E-state index in [2.05, 4.69) is 26.7 Å². The normalized spacial score (nSPS) is 20.9. The number of nitrogens with zero attached hydrogens (tertiary/aromatic N) is 5. The number of methoxy groups -OCH3 is 1. The molecule has 1 saturated heterocycles. The molecule has 2 atom stereocenters. The van der Waals surface area contributed by atoms with Gasteiger partial charge in [0.15, 0.2) is 0 Å². The summed E-state index contributed by atoms with van der Waals surface area (Å²) < 4.78 is 10.7. The van der Waals surface area contributed by atoms with Crippen LogP contribution < -0.4 is 10.2 Å². The molecule has 9 nitrogen and oxygen atoms in total. The second kappa shape index (κ2) is 7.30. The predicted molar refractivity (Wildman–Crippen MR) is 106 cm³/mol. The van der Waals surface area contributed by atoms with Gasteiger partial charge in [0.05, 0.1) is 18.7 Å². The SMILES string of the molecule is COc1ccccc1-c1noc(CN2N=CN3NC(c4cccs4)CC3C2=O)n1. The number of hydrazine groups is 1. The standard InChI is InChI=1S/C19H18N6O3S/c1-27-15-6-3-2-5-12(15)18-21-17(28-23-18)10-24-19(26)14-9-13(16-7-4-8-29-16)22-25(14)11-20-24/h2-8,11,13-14,22H,9-10H2,1H3. The molecule has 0 spiro atoms. The first-order chi connectivity index (χ1) is 14.2. The van der Waals surface area contributed by atoms with Gasteiger partial charge in [-0.15, -0.1) is 11.3 Å². The second-order valence-corrected chi connectivity index (χ2v) is 7.67. The summed E-state index contributed by atoms with van der Waals surface area (Å²) in [5.41, 5.74) is 4.06. The summed E-state index contributed by atoms with van der Waals surface area (Å²) in [5.74, 6) is 1.27. The number of nitrogens with one attached hydrogen (secondary N) is 1. The highest BCUT2D eigenvalue weighted by atomic mass is 32.1. The molecule has 0 bridgehead atoms. The average Bonchev–Trinajstić information content (AvgIpc) is 3.50. The number of amides is 1. The maximum atomic E-state index is 12.9. The lowest BCUT2D eigenvalue weighted by Crippen LogP contribution is -2.50. The van der Waals surface area contributed by atoms with E-state index in [0.717, 1.165) is 5.56 Å². The maximum Gasteiger partial charge on any atom is 0.267 e. The largest absolute Gasteiger partial charge is 0.496 e. The number of hydrazone groups is 1. The highest BCUT2D eigenvalue weighted by molar-refractivity contribution is 7.10. The molecule has 1 amide bonds. The van der Waals surface area contributed by atoms with Gasteiger partial charge in [0.2, 0.25) is 11.7 Å². The van der Waals surface area contributed by atoms with Gasteiger partial charge < -0.3 is 9.26 Å². The molecule has 148 valence electrons. The molecule has 10 heteroatoms. The van der Waals surface area contributed by atoms with Crippen LogP contribution in [0.1, 0.15) is 23.2 Å². The van der Waals surface area contributed by atoms with Gasteiger partial charge in [-0.3, -0.25) is 9.80 Å². The molecule has 1 N–H and O–H groups in total. The van der Waals surface area contributed by atoms with Crippen molar-refractivity contribution in [2.24, 2.45) is 5.10 Å². The van der Waals surface area contributed by atoms with Crippen LogP contribution in [-0.4, -0.2) is 45.6 Å². The van der Waals surface area contributed by atoms with Crippen molar-refractivity contribution in [3.05, 3.63) is 52.5 Å². The van der Waals surface area contributed by atoms with Crippen molar-refractivity contribution in [3.8, 4) is 17.1 Å². The lowest BCUT2D eigenvalue weighted by Gasteiger charge is -2.29. The first-order valence-corrected chi connectivity index (χ1v) is 10.0. The number of para-hydroxylation sites is 1. The Morgan fingerprint density at radius 3 is 3.03 bits per heavy atom. The smallest absolute Gasteiger partial charge is 0.267 e. The molecule has 2 aliphatic rings. The van der Waals surface area contributed by atoms with Crippen molar-refractivity contribution in [3.63, 3.8) is 0 Å². The van der Waals surface area contributed by atoms with E-state index < -0.39 is 0 Å². The van der Waals surface area contributed by atoms with Crippen LogP contribution in [0.25, 0.3) is 11.4 Å². The Labute approximate surface area is 170 Å². The van der Waals surface area contributed by atoms with Crippen LogP contribution in [0, 0.1) is 0 Å². The maximum absolute atomic E-state index is 12.9. The fourth-order valence-electron chi connectivity index (χ4n) is 3.51. The van der Waals surface area contributed by atoms with E-state index in [4.69, 9.17) is 9.26 Å². The number of carbonyl (C=O) groups is 1. The van der Waals surface area contributed by atoms with Crippen LogP contribution >= 0.6 is 11.3 Å². The van der Waals surface area contributed by atoms with E-state index in [1.54, 1.807) is 29.8 Å². The fraction of sp³-hybridized carbons (Fsp3) is 0.263. The molecule has 3 aromatic rings. The molecule has 29 heavy (non-hydrogen) atoms. The van der Waals surface area contributed by atoms with Gasteiger partial charge in [0.25, 0.3) is 5.91 Å². The molecule has 0 aliphatic carbocycles. The minimum absolute atomic E-state index is 0.101. The lowest BCUT2D eigenvalue weighted by molar-refractivity contribution is -0.137. The summed E-state index contributed by atoms with van der Waals surface area (Å²) in [4.78, 5) is 18.5. The van der Waals surface area contributed by atoms with Crippen LogP contribution in [0.5, 0.6) is 5.75 Å². The molecular formula is C19H18N6O3S. The number of hydrogen-bond acceptors (Lipinski definition) is 9. The molecular weight excluding hydrogens is 392 g/mol. The Hall–Kier alpha value is -3.24. The van der Waals surface area contributed by atoms with E-state index in [1.807, 2.05) is 35.7 Å². The van der Waals surface area contributed by atoms with Crippen molar-refractivity contribution in [1.29, 1.82) is 0 Å². The summed E-state index contributed by atoms with van der Waals surface area (Å²) in [5, 5.41) is 13.5. The highest BCUT2D eigenvalue weighted by Crippen LogP contribution is 2.32. The molecule has 4 heterocycles. The average molecular weight is 410 g/mol. The topological polar surface area (TPSA) is 96.1 Å². The molecule has 2 aromatic heterocycles. The third-order valence-electron chi connectivity index (χ3n) is 4.94. The summed E-state index contributed by atoms with van der Waals surface area (Å²) >= 11 is 1.67. The van der Waals surface area contributed by atoms with Crippen LogP contribution in [0.2, 0.25) is 0 Å². The summed E-state index contributed by atoms with van der Waals surface area (Å²) in [7, 11) is 1.59. The van der Waals surface area contributed by atoms with Gasteiger partial charge in [-0.2, -0.15) is 10.1 Å². The van der Waals surface area contributed by atoms with Gasteiger partial charge in [0, 0.05) is 11.3 Å². The zero-order valence-corrected chi connectivity index (χ0v) is 16.4. The van der Waals surface area contributed by atoms with Gasteiger partial charge in [-0.05, 0) is 23.6 Å². The van der Waals surface area contributed by atoms with Crippen LogP contribution in [0.4, 0.5) is 0 Å². The number of rotatable bonds is 5. The van der Waals surface area contributed by atoms with Gasteiger partial charge in [-0.25, -0.2) is 10.4 Å². The quantitative estimate of drug-likeness (QED) is 0.690. The Morgan fingerprint density at radius 2 is 2.21 bits per heavy atom. The minimum Gasteiger partial charge on any atom is -0.496 e. The molecule has 2 unspecified atom stereocenters. The summed E-state index contributed by atoms with van der Waals surface area (Å²) in [6, 6.07) is 11.3. The van der Waals surface area contributed by atoms with Crippen molar-refractivity contribution in [1.82, 2.24) is 25.6 Å². The van der Waals surface area contributed by atoms with Crippen molar-refractivity contribution >= 4 is 23.6 Å². The predicted octanol–water partition coefficient (Wildman–Crippen LogP) is 2.41. The van der Waals surface area contributed by atoms with E-state index in [9.17, 15) is 4.79 Å². The highest BCUT2D eigenvalue weighted by Gasteiger charge is 2.41. The Morgan fingerprint density at radius 1 is 1.31 bits per heavy atom. The van der Waals surface area contributed by atoms with E-state index in [-0.39, 0.29) is 24.5 Å². The third kappa shape index (κ3) is 3.26. The number of thiophene rings is 1. The van der Waals surface area contributed by atoms with Crippen LogP contribution in [0.3, 0.4) is 0 Å². The van der Waals surface area contributed by atoms with E-state index in [1.165, 1.54) is 9.89 Å². The molecule has 5 rings (SSSR count). The van der Waals surface area contributed by atoms with Crippen molar-refractivity contribution in [2.75, 3.05) is 7.11 Å². The number of ether oxygens (including phenoxy) is 1. The molecule has 1 fully saturated rings.